The van der Waals surface area contributed by atoms with Gasteiger partial charge in [0.25, 0.3) is 5.56 Å². The molecule has 2 aromatic heterocycles. The van der Waals surface area contributed by atoms with Crippen LogP contribution in [-0.4, -0.2) is 22.8 Å². The SMILES string of the molecule is CCn1ncc(S(=O)(=O)Cc2ccn(C)c(=O)c2)c1Cl. The van der Waals surface area contributed by atoms with Crippen molar-refractivity contribution in [1.82, 2.24) is 14.3 Å². The molecule has 0 aromatic carbocycles. The van der Waals surface area contributed by atoms with E-state index < -0.39 is 9.84 Å². The zero-order valence-corrected chi connectivity index (χ0v) is 12.6. The van der Waals surface area contributed by atoms with Crippen LogP contribution >= 0.6 is 11.6 Å². The summed E-state index contributed by atoms with van der Waals surface area (Å²) in [7, 11) is -2.03. The lowest BCUT2D eigenvalue weighted by molar-refractivity contribution is 0.594. The molecular formula is C12H14ClN3O3S. The summed E-state index contributed by atoms with van der Waals surface area (Å²) in [4.78, 5) is 11.5. The van der Waals surface area contributed by atoms with E-state index in [-0.39, 0.29) is 21.4 Å². The standard InChI is InChI=1S/C12H14ClN3O3S/c1-3-16-12(13)10(7-14-16)20(18,19)8-9-4-5-15(2)11(17)6-9/h4-7H,3,8H2,1-2H3. The van der Waals surface area contributed by atoms with Gasteiger partial charge in [0.2, 0.25) is 0 Å². The van der Waals surface area contributed by atoms with Crippen LogP contribution < -0.4 is 5.56 Å². The third-order valence-corrected chi connectivity index (χ3v) is 5.10. The van der Waals surface area contributed by atoms with Gasteiger partial charge in [0.05, 0.1) is 11.9 Å². The first-order chi connectivity index (χ1) is 9.35. The normalized spacial score (nSPS) is 11.8. The van der Waals surface area contributed by atoms with Crippen LogP contribution in [0.2, 0.25) is 5.15 Å². The number of hydrogen-bond donors (Lipinski definition) is 0. The highest BCUT2D eigenvalue weighted by Gasteiger charge is 2.22. The quantitative estimate of drug-likeness (QED) is 0.850. The van der Waals surface area contributed by atoms with Gasteiger partial charge in [-0.05, 0) is 18.6 Å². The molecule has 0 saturated carbocycles. The van der Waals surface area contributed by atoms with Crippen molar-refractivity contribution in [3.05, 3.63) is 45.6 Å². The molecule has 0 fully saturated rings. The molecule has 0 bridgehead atoms. The highest BCUT2D eigenvalue weighted by Crippen LogP contribution is 2.24. The van der Waals surface area contributed by atoms with E-state index in [0.717, 1.165) is 0 Å². The van der Waals surface area contributed by atoms with Crippen molar-refractivity contribution < 1.29 is 8.42 Å². The summed E-state index contributed by atoms with van der Waals surface area (Å²) < 4.78 is 27.4. The average molecular weight is 316 g/mol. The van der Waals surface area contributed by atoms with Crippen LogP contribution in [0.15, 0.2) is 34.2 Å². The van der Waals surface area contributed by atoms with Gasteiger partial charge < -0.3 is 4.57 Å². The molecule has 2 rings (SSSR count). The van der Waals surface area contributed by atoms with Gasteiger partial charge in [0.15, 0.2) is 9.84 Å². The Balaban J connectivity index is 2.38. The van der Waals surface area contributed by atoms with Gasteiger partial charge in [-0.1, -0.05) is 11.6 Å². The Morgan fingerprint density at radius 3 is 2.65 bits per heavy atom. The molecule has 2 heterocycles. The van der Waals surface area contributed by atoms with E-state index in [9.17, 15) is 13.2 Å². The minimum Gasteiger partial charge on any atom is -0.319 e. The van der Waals surface area contributed by atoms with E-state index in [1.165, 1.54) is 27.7 Å². The Morgan fingerprint density at radius 1 is 1.40 bits per heavy atom. The molecule has 6 nitrogen and oxygen atoms in total. The lowest BCUT2D eigenvalue weighted by Gasteiger charge is -2.04. The molecule has 20 heavy (non-hydrogen) atoms. The van der Waals surface area contributed by atoms with Gasteiger partial charge >= 0.3 is 0 Å². The average Bonchev–Trinajstić information content (AvgIpc) is 2.75. The Morgan fingerprint density at radius 2 is 2.10 bits per heavy atom. The number of aryl methyl sites for hydroxylation is 2. The number of halogens is 1. The number of hydrogen-bond acceptors (Lipinski definition) is 4. The second kappa shape index (κ2) is 5.41. The fourth-order valence-corrected chi connectivity index (χ4v) is 3.67. The van der Waals surface area contributed by atoms with E-state index in [4.69, 9.17) is 11.6 Å². The Hall–Kier alpha value is -1.60. The Kier molecular flexibility index (Phi) is 4.01. The molecule has 0 unspecified atom stereocenters. The molecule has 0 atom stereocenters. The first kappa shape index (κ1) is 14.8. The molecule has 0 amide bonds. The van der Waals surface area contributed by atoms with Gasteiger partial charge in [-0.2, -0.15) is 5.10 Å². The van der Waals surface area contributed by atoms with Crippen molar-refractivity contribution in [1.29, 1.82) is 0 Å². The summed E-state index contributed by atoms with van der Waals surface area (Å²) in [6.45, 7) is 2.30. The second-order valence-electron chi connectivity index (χ2n) is 4.36. The van der Waals surface area contributed by atoms with Crippen LogP contribution in [0.25, 0.3) is 0 Å². The van der Waals surface area contributed by atoms with E-state index in [2.05, 4.69) is 5.10 Å². The number of aromatic nitrogens is 3. The zero-order valence-electron chi connectivity index (χ0n) is 11.1. The van der Waals surface area contributed by atoms with Crippen LogP contribution in [0.1, 0.15) is 12.5 Å². The third-order valence-electron chi connectivity index (χ3n) is 2.90. The van der Waals surface area contributed by atoms with Crippen LogP contribution in [-0.2, 0) is 29.2 Å². The summed E-state index contributed by atoms with van der Waals surface area (Å²) in [6, 6.07) is 2.90. The Bertz CT molecular complexity index is 793. The minimum absolute atomic E-state index is 0.0123. The van der Waals surface area contributed by atoms with Crippen molar-refractivity contribution in [2.24, 2.45) is 7.05 Å². The lowest BCUT2D eigenvalue weighted by atomic mass is 10.3. The summed E-state index contributed by atoms with van der Waals surface area (Å²) in [5.74, 6) is -0.280. The predicted octanol–water partition coefficient (Wildman–Crippen LogP) is 1.23. The maximum Gasteiger partial charge on any atom is 0.250 e. The van der Waals surface area contributed by atoms with Crippen molar-refractivity contribution in [3.63, 3.8) is 0 Å². The number of rotatable bonds is 4. The summed E-state index contributed by atoms with van der Waals surface area (Å²) >= 11 is 5.99. The first-order valence-corrected chi connectivity index (χ1v) is 7.98. The smallest absolute Gasteiger partial charge is 0.250 e. The molecule has 0 N–H and O–H groups in total. The second-order valence-corrected chi connectivity index (χ2v) is 6.67. The van der Waals surface area contributed by atoms with Crippen LogP contribution in [0, 0.1) is 0 Å². The van der Waals surface area contributed by atoms with Gasteiger partial charge in [-0.25, -0.2) is 8.42 Å². The molecular weight excluding hydrogens is 302 g/mol. The molecule has 0 radical (unpaired) electrons. The third kappa shape index (κ3) is 2.78. The van der Waals surface area contributed by atoms with Crippen molar-refractivity contribution in [2.45, 2.75) is 24.1 Å². The molecule has 0 aliphatic carbocycles. The fourth-order valence-electron chi connectivity index (χ4n) is 1.76. The van der Waals surface area contributed by atoms with Gasteiger partial charge in [0.1, 0.15) is 10.0 Å². The van der Waals surface area contributed by atoms with Crippen LogP contribution in [0.3, 0.4) is 0 Å². The van der Waals surface area contributed by atoms with Crippen LogP contribution in [0.5, 0.6) is 0 Å². The summed E-state index contributed by atoms with van der Waals surface area (Å²) in [6.07, 6.45) is 2.77. The molecule has 0 spiro atoms. The maximum absolute atomic E-state index is 12.3. The van der Waals surface area contributed by atoms with Crippen LogP contribution in [0.4, 0.5) is 0 Å². The molecule has 108 valence electrons. The van der Waals surface area contributed by atoms with Crippen molar-refractivity contribution >= 4 is 21.4 Å². The number of nitrogens with zero attached hydrogens (tertiary/aromatic N) is 3. The summed E-state index contributed by atoms with van der Waals surface area (Å²) in [5.41, 5.74) is 0.168. The molecule has 2 aromatic rings. The Labute approximate surface area is 121 Å². The molecule has 0 saturated heterocycles. The van der Waals surface area contributed by atoms with Crippen molar-refractivity contribution in [2.75, 3.05) is 0 Å². The topological polar surface area (TPSA) is 74.0 Å². The molecule has 8 heteroatoms. The van der Waals surface area contributed by atoms with Gasteiger partial charge in [-0.15, -0.1) is 0 Å². The first-order valence-electron chi connectivity index (χ1n) is 5.94. The predicted molar refractivity (Wildman–Crippen MR) is 75.5 cm³/mol. The molecule has 0 aliphatic heterocycles. The largest absolute Gasteiger partial charge is 0.319 e. The fraction of sp³-hybridized carbons (Fsp3) is 0.333. The van der Waals surface area contributed by atoms with E-state index in [1.54, 1.807) is 13.1 Å². The van der Waals surface area contributed by atoms with Gasteiger partial charge in [-0.3, -0.25) is 9.48 Å². The van der Waals surface area contributed by atoms with E-state index in [1.807, 2.05) is 6.92 Å². The maximum atomic E-state index is 12.3. The monoisotopic (exact) mass is 315 g/mol. The van der Waals surface area contributed by atoms with Crippen molar-refractivity contribution in [3.8, 4) is 0 Å². The number of pyridine rings is 1. The van der Waals surface area contributed by atoms with E-state index >= 15 is 0 Å². The zero-order chi connectivity index (χ0) is 14.9. The van der Waals surface area contributed by atoms with E-state index in [0.29, 0.717) is 12.1 Å². The minimum atomic E-state index is -3.63. The lowest BCUT2D eigenvalue weighted by Crippen LogP contribution is -2.16. The number of sulfone groups is 1. The highest BCUT2D eigenvalue weighted by molar-refractivity contribution is 7.90. The highest BCUT2D eigenvalue weighted by atomic mass is 35.5. The summed E-state index contributed by atoms with van der Waals surface area (Å²) in [5, 5.41) is 4.01. The molecule has 0 aliphatic rings. The van der Waals surface area contributed by atoms with Gasteiger partial charge in [0, 0.05) is 25.9 Å².